The van der Waals surface area contributed by atoms with Gasteiger partial charge >= 0.3 is 0 Å². The molecule has 1 aromatic carbocycles. The van der Waals surface area contributed by atoms with Gasteiger partial charge in [0.25, 0.3) is 0 Å². The SMILES string of the molecule is CCOCCCOc1cccc2c1CCC2O. The van der Waals surface area contributed by atoms with Gasteiger partial charge in [0.2, 0.25) is 0 Å². The third-order valence-electron chi connectivity index (χ3n) is 3.09. The van der Waals surface area contributed by atoms with Crippen LogP contribution in [-0.2, 0) is 11.2 Å². The summed E-state index contributed by atoms with van der Waals surface area (Å²) in [5.74, 6) is 0.926. The Labute approximate surface area is 102 Å². The standard InChI is InChI=1S/C14H20O3/c1-2-16-9-4-10-17-14-6-3-5-11-12(14)7-8-13(11)15/h3,5-6,13,15H,2,4,7-10H2,1H3. The number of benzene rings is 1. The average molecular weight is 236 g/mol. The highest BCUT2D eigenvalue weighted by Gasteiger charge is 2.22. The lowest BCUT2D eigenvalue weighted by Gasteiger charge is -2.11. The first-order chi connectivity index (χ1) is 8.33. The molecule has 0 aliphatic heterocycles. The Balaban J connectivity index is 1.89. The fourth-order valence-electron chi connectivity index (χ4n) is 2.22. The van der Waals surface area contributed by atoms with Crippen LogP contribution in [0.2, 0.25) is 0 Å². The molecule has 94 valence electrons. The van der Waals surface area contributed by atoms with E-state index >= 15 is 0 Å². The summed E-state index contributed by atoms with van der Waals surface area (Å²) in [6, 6.07) is 5.92. The lowest BCUT2D eigenvalue weighted by Crippen LogP contribution is -2.04. The van der Waals surface area contributed by atoms with E-state index in [4.69, 9.17) is 9.47 Å². The second kappa shape index (κ2) is 6.03. The van der Waals surface area contributed by atoms with Gasteiger partial charge in [-0.1, -0.05) is 12.1 Å². The molecular formula is C14H20O3. The van der Waals surface area contributed by atoms with Crippen molar-refractivity contribution in [2.45, 2.75) is 32.3 Å². The number of ether oxygens (including phenoxy) is 2. The monoisotopic (exact) mass is 236 g/mol. The fourth-order valence-corrected chi connectivity index (χ4v) is 2.22. The summed E-state index contributed by atoms with van der Waals surface area (Å²) in [7, 11) is 0. The van der Waals surface area contributed by atoms with Crippen molar-refractivity contribution in [2.24, 2.45) is 0 Å². The van der Waals surface area contributed by atoms with E-state index in [-0.39, 0.29) is 6.10 Å². The molecule has 1 unspecified atom stereocenters. The summed E-state index contributed by atoms with van der Waals surface area (Å²) in [4.78, 5) is 0. The van der Waals surface area contributed by atoms with Gasteiger partial charge in [-0.25, -0.2) is 0 Å². The second-order valence-corrected chi connectivity index (χ2v) is 4.28. The van der Waals surface area contributed by atoms with Crippen LogP contribution in [0.1, 0.15) is 37.0 Å². The van der Waals surface area contributed by atoms with Gasteiger partial charge in [-0.3, -0.25) is 0 Å². The van der Waals surface area contributed by atoms with Crippen LogP contribution in [0.5, 0.6) is 5.75 Å². The van der Waals surface area contributed by atoms with Crippen molar-refractivity contribution in [1.82, 2.24) is 0 Å². The van der Waals surface area contributed by atoms with Gasteiger partial charge in [-0.2, -0.15) is 0 Å². The lowest BCUT2D eigenvalue weighted by atomic mass is 10.1. The summed E-state index contributed by atoms with van der Waals surface area (Å²) in [6.45, 7) is 4.17. The van der Waals surface area contributed by atoms with Gasteiger partial charge in [0.05, 0.1) is 12.7 Å². The molecule has 0 amide bonds. The summed E-state index contributed by atoms with van der Waals surface area (Å²) in [5, 5.41) is 9.77. The smallest absolute Gasteiger partial charge is 0.122 e. The lowest BCUT2D eigenvalue weighted by molar-refractivity contribution is 0.130. The van der Waals surface area contributed by atoms with E-state index in [2.05, 4.69) is 0 Å². The Bertz CT molecular complexity index is 362. The molecular weight excluding hydrogens is 216 g/mol. The Morgan fingerprint density at radius 3 is 3.06 bits per heavy atom. The van der Waals surface area contributed by atoms with E-state index in [1.165, 1.54) is 5.56 Å². The highest BCUT2D eigenvalue weighted by Crippen LogP contribution is 2.36. The van der Waals surface area contributed by atoms with Crippen LogP contribution in [0.25, 0.3) is 0 Å². The number of hydrogen-bond donors (Lipinski definition) is 1. The minimum absolute atomic E-state index is 0.308. The van der Waals surface area contributed by atoms with Gasteiger partial charge in [-0.05, 0) is 31.4 Å². The summed E-state index contributed by atoms with van der Waals surface area (Å²) < 4.78 is 11.0. The van der Waals surface area contributed by atoms with Crippen molar-refractivity contribution < 1.29 is 14.6 Å². The molecule has 1 N–H and O–H groups in total. The number of aliphatic hydroxyl groups excluding tert-OH is 1. The molecule has 1 aliphatic carbocycles. The first-order valence-corrected chi connectivity index (χ1v) is 6.33. The Hall–Kier alpha value is -1.06. The molecule has 3 nitrogen and oxygen atoms in total. The predicted molar refractivity (Wildman–Crippen MR) is 66.3 cm³/mol. The predicted octanol–water partition coefficient (Wildman–Crippen LogP) is 2.47. The maximum absolute atomic E-state index is 9.77. The fraction of sp³-hybridized carbons (Fsp3) is 0.571. The average Bonchev–Trinajstić information content (AvgIpc) is 2.72. The maximum Gasteiger partial charge on any atom is 0.122 e. The van der Waals surface area contributed by atoms with E-state index < -0.39 is 0 Å². The van der Waals surface area contributed by atoms with Crippen LogP contribution in [0, 0.1) is 0 Å². The van der Waals surface area contributed by atoms with Crippen LogP contribution in [0.15, 0.2) is 18.2 Å². The third-order valence-corrected chi connectivity index (χ3v) is 3.09. The van der Waals surface area contributed by atoms with E-state index in [1.807, 2.05) is 25.1 Å². The number of hydrogen-bond acceptors (Lipinski definition) is 3. The van der Waals surface area contributed by atoms with Crippen molar-refractivity contribution in [3.8, 4) is 5.75 Å². The van der Waals surface area contributed by atoms with Gasteiger partial charge in [0.1, 0.15) is 5.75 Å². The minimum Gasteiger partial charge on any atom is -0.493 e. The van der Waals surface area contributed by atoms with E-state index in [9.17, 15) is 5.11 Å². The number of aliphatic hydroxyl groups is 1. The van der Waals surface area contributed by atoms with Crippen molar-refractivity contribution >= 4 is 0 Å². The normalized spacial score (nSPS) is 18.1. The summed E-state index contributed by atoms with van der Waals surface area (Å²) >= 11 is 0. The van der Waals surface area contributed by atoms with E-state index in [0.29, 0.717) is 6.61 Å². The van der Waals surface area contributed by atoms with Crippen LogP contribution in [0.3, 0.4) is 0 Å². The maximum atomic E-state index is 9.77. The van der Waals surface area contributed by atoms with Crippen molar-refractivity contribution in [2.75, 3.05) is 19.8 Å². The molecule has 3 heteroatoms. The van der Waals surface area contributed by atoms with Crippen molar-refractivity contribution in [3.63, 3.8) is 0 Å². The van der Waals surface area contributed by atoms with Crippen LogP contribution in [-0.4, -0.2) is 24.9 Å². The zero-order chi connectivity index (χ0) is 12.1. The van der Waals surface area contributed by atoms with Gasteiger partial charge < -0.3 is 14.6 Å². The van der Waals surface area contributed by atoms with E-state index in [0.717, 1.165) is 43.8 Å². The molecule has 2 rings (SSSR count). The van der Waals surface area contributed by atoms with Crippen LogP contribution < -0.4 is 4.74 Å². The Kier molecular flexibility index (Phi) is 4.40. The molecule has 0 aromatic heterocycles. The van der Waals surface area contributed by atoms with Gasteiger partial charge in [0, 0.05) is 25.2 Å². The number of rotatable bonds is 6. The zero-order valence-corrected chi connectivity index (χ0v) is 10.3. The van der Waals surface area contributed by atoms with Gasteiger partial charge in [0.15, 0.2) is 0 Å². The highest BCUT2D eigenvalue weighted by atomic mass is 16.5. The Morgan fingerprint density at radius 2 is 2.24 bits per heavy atom. The number of fused-ring (bicyclic) bond motifs is 1. The molecule has 0 saturated carbocycles. The first-order valence-electron chi connectivity index (χ1n) is 6.33. The molecule has 1 atom stereocenters. The topological polar surface area (TPSA) is 38.7 Å². The molecule has 0 bridgehead atoms. The van der Waals surface area contributed by atoms with Crippen LogP contribution in [0.4, 0.5) is 0 Å². The van der Waals surface area contributed by atoms with Crippen molar-refractivity contribution in [1.29, 1.82) is 0 Å². The third kappa shape index (κ3) is 2.99. The minimum atomic E-state index is -0.308. The first kappa shape index (κ1) is 12.4. The van der Waals surface area contributed by atoms with Gasteiger partial charge in [-0.15, -0.1) is 0 Å². The molecule has 17 heavy (non-hydrogen) atoms. The molecule has 1 aliphatic rings. The van der Waals surface area contributed by atoms with Crippen LogP contribution >= 0.6 is 0 Å². The quantitative estimate of drug-likeness (QED) is 0.771. The molecule has 0 saturated heterocycles. The second-order valence-electron chi connectivity index (χ2n) is 4.28. The molecule has 0 radical (unpaired) electrons. The zero-order valence-electron chi connectivity index (χ0n) is 10.3. The largest absolute Gasteiger partial charge is 0.493 e. The summed E-state index contributed by atoms with van der Waals surface area (Å²) in [5.41, 5.74) is 2.21. The molecule has 0 heterocycles. The highest BCUT2D eigenvalue weighted by molar-refractivity contribution is 5.44. The summed E-state index contributed by atoms with van der Waals surface area (Å²) in [6.07, 6.45) is 2.32. The van der Waals surface area contributed by atoms with E-state index in [1.54, 1.807) is 0 Å². The van der Waals surface area contributed by atoms with Crippen molar-refractivity contribution in [3.05, 3.63) is 29.3 Å². The molecule has 0 spiro atoms. The Morgan fingerprint density at radius 1 is 1.35 bits per heavy atom. The molecule has 0 fully saturated rings. The molecule has 1 aromatic rings.